The number of aryl methyl sites for hydroxylation is 1. The number of oxazole rings is 1. The summed E-state index contributed by atoms with van der Waals surface area (Å²) in [4.78, 5) is 18.9. The van der Waals surface area contributed by atoms with E-state index in [1.807, 2.05) is 74.4 Å². The standard InChI is InChI=1S/C24H23N3O3/c1-16-6-4-5-7-21(16)29-15-23(28)25-18-10-13-22-20(14-18)26-24(30-22)17-8-11-19(12-9-17)27(2)3/h4-14H,15H2,1-3H3,(H,25,28). The van der Waals surface area contributed by atoms with Gasteiger partial charge in [0.1, 0.15) is 11.3 Å². The zero-order valence-corrected chi connectivity index (χ0v) is 17.2. The third-order valence-electron chi connectivity index (χ3n) is 4.75. The van der Waals surface area contributed by atoms with E-state index in [1.54, 1.807) is 18.2 Å². The van der Waals surface area contributed by atoms with Crippen molar-refractivity contribution in [3.05, 3.63) is 72.3 Å². The highest BCUT2D eigenvalue weighted by Crippen LogP contribution is 2.27. The average molecular weight is 401 g/mol. The molecule has 0 saturated carbocycles. The van der Waals surface area contributed by atoms with Crippen LogP contribution in [0.15, 0.2) is 71.1 Å². The van der Waals surface area contributed by atoms with Crippen molar-refractivity contribution < 1.29 is 13.9 Å². The second-order valence-corrected chi connectivity index (χ2v) is 7.25. The molecule has 0 saturated heterocycles. The molecule has 152 valence electrons. The Kier molecular flexibility index (Phi) is 5.39. The van der Waals surface area contributed by atoms with E-state index in [1.165, 1.54) is 0 Å². The summed E-state index contributed by atoms with van der Waals surface area (Å²) < 4.78 is 11.5. The topological polar surface area (TPSA) is 67.6 Å². The Morgan fingerprint density at radius 3 is 2.57 bits per heavy atom. The van der Waals surface area contributed by atoms with Crippen LogP contribution in [0.5, 0.6) is 5.75 Å². The van der Waals surface area contributed by atoms with Gasteiger partial charge in [0.15, 0.2) is 12.2 Å². The number of para-hydroxylation sites is 1. The number of carbonyl (C=O) groups is 1. The maximum atomic E-state index is 12.3. The molecule has 1 amide bonds. The Labute approximate surface area is 175 Å². The second-order valence-electron chi connectivity index (χ2n) is 7.25. The molecule has 30 heavy (non-hydrogen) atoms. The van der Waals surface area contributed by atoms with Crippen LogP contribution in [-0.4, -0.2) is 31.6 Å². The van der Waals surface area contributed by atoms with Crippen molar-refractivity contribution in [1.29, 1.82) is 0 Å². The van der Waals surface area contributed by atoms with E-state index in [4.69, 9.17) is 9.15 Å². The zero-order chi connectivity index (χ0) is 21.1. The van der Waals surface area contributed by atoms with Crippen molar-refractivity contribution in [2.75, 3.05) is 30.9 Å². The monoisotopic (exact) mass is 401 g/mol. The van der Waals surface area contributed by atoms with Gasteiger partial charge < -0.3 is 19.4 Å². The maximum Gasteiger partial charge on any atom is 0.262 e. The van der Waals surface area contributed by atoms with E-state index >= 15 is 0 Å². The predicted octanol–water partition coefficient (Wildman–Crippen LogP) is 4.89. The minimum absolute atomic E-state index is 0.0643. The summed E-state index contributed by atoms with van der Waals surface area (Å²) in [6.45, 7) is 1.88. The lowest BCUT2D eigenvalue weighted by Gasteiger charge is -2.11. The Hall–Kier alpha value is -3.80. The number of aromatic nitrogens is 1. The van der Waals surface area contributed by atoms with Crippen LogP contribution >= 0.6 is 0 Å². The molecule has 4 rings (SSSR count). The molecule has 0 aliphatic carbocycles. The van der Waals surface area contributed by atoms with Gasteiger partial charge in [-0.1, -0.05) is 18.2 Å². The molecule has 1 N–H and O–H groups in total. The molecule has 0 fully saturated rings. The molecular weight excluding hydrogens is 378 g/mol. The maximum absolute atomic E-state index is 12.3. The van der Waals surface area contributed by atoms with E-state index < -0.39 is 0 Å². The minimum atomic E-state index is -0.236. The average Bonchev–Trinajstić information content (AvgIpc) is 3.16. The van der Waals surface area contributed by atoms with Crippen LogP contribution in [0.25, 0.3) is 22.6 Å². The van der Waals surface area contributed by atoms with Crippen molar-refractivity contribution in [3.8, 4) is 17.2 Å². The fourth-order valence-corrected chi connectivity index (χ4v) is 3.09. The van der Waals surface area contributed by atoms with E-state index in [9.17, 15) is 4.79 Å². The number of carbonyl (C=O) groups excluding carboxylic acids is 1. The minimum Gasteiger partial charge on any atom is -0.483 e. The Morgan fingerprint density at radius 2 is 1.83 bits per heavy atom. The molecule has 0 atom stereocenters. The summed E-state index contributed by atoms with van der Waals surface area (Å²) in [5.41, 5.74) is 4.97. The number of anilines is 2. The number of hydrogen-bond donors (Lipinski definition) is 1. The summed E-state index contributed by atoms with van der Waals surface area (Å²) in [7, 11) is 3.99. The quantitative estimate of drug-likeness (QED) is 0.498. The van der Waals surface area contributed by atoms with Crippen LogP contribution in [0.2, 0.25) is 0 Å². The first kappa shape index (κ1) is 19.5. The lowest BCUT2D eigenvalue weighted by atomic mass is 10.2. The molecule has 6 heteroatoms. The Morgan fingerprint density at radius 1 is 1.07 bits per heavy atom. The largest absolute Gasteiger partial charge is 0.483 e. The van der Waals surface area contributed by atoms with Crippen molar-refractivity contribution >= 4 is 28.4 Å². The molecule has 4 aromatic rings. The smallest absolute Gasteiger partial charge is 0.262 e. The molecule has 6 nitrogen and oxygen atoms in total. The number of ether oxygens (including phenoxy) is 1. The number of amides is 1. The number of rotatable bonds is 6. The highest BCUT2D eigenvalue weighted by atomic mass is 16.5. The number of benzene rings is 3. The molecule has 0 unspecified atom stereocenters. The van der Waals surface area contributed by atoms with Gasteiger partial charge in [0, 0.05) is 31.0 Å². The van der Waals surface area contributed by atoms with Crippen LogP contribution < -0.4 is 15.0 Å². The molecule has 0 bridgehead atoms. The number of hydrogen-bond acceptors (Lipinski definition) is 5. The fourth-order valence-electron chi connectivity index (χ4n) is 3.09. The first-order chi connectivity index (χ1) is 14.5. The van der Waals surface area contributed by atoms with Gasteiger partial charge in [-0.15, -0.1) is 0 Å². The fraction of sp³-hybridized carbons (Fsp3) is 0.167. The SMILES string of the molecule is Cc1ccccc1OCC(=O)Nc1ccc2oc(-c3ccc(N(C)C)cc3)nc2c1. The lowest BCUT2D eigenvalue weighted by molar-refractivity contribution is -0.118. The first-order valence-electron chi connectivity index (χ1n) is 9.66. The Balaban J connectivity index is 1.45. The van der Waals surface area contributed by atoms with Gasteiger partial charge in [0.2, 0.25) is 5.89 Å². The molecule has 0 aliphatic rings. The van der Waals surface area contributed by atoms with Crippen molar-refractivity contribution in [3.63, 3.8) is 0 Å². The van der Waals surface area contributed by atoms with Crippen LogP contribution in [0, 0.1) is 6.92 Å². The van der Waals surface area contributed by atoms with Gasteiger partial charge in [0.05, 0.1) is 0 Å². The van der Waals surface area contributed by atoms with Gasteiger partial charge in [-0.3, -0.25) is 4.79 Å². The van der Waals surface area contributed by atoms with Gasteiger partial charge in [-0.2, -0.15) is 0 Å². The summed E-state index contributed by atoms with van der Waals surface area (Å²) in [6.07, 6.45) is 0. The third kappa shape index (κ3) is 4.27. The highest BCUT2D eigenvalue weighted by Gasteiger charge is 2.11. The summed E-state index contributed by atoms with van der Waals surface area (Å²) >= 11 is 0. The highest BCUT2D eigenvalue weighted by molar-refractivity contribution is 5.94. The van der Waals surface area contributed by atoms with Crippen molar-refractivity contribution in [2.24, 2.45) is 0 Å². The van der Waals surface area contributed by atoms with Crippen LogP contribution in [0.3, 0.4) is 0 Å². The predicted molar refractivity (Wildman–Crippen MR) is 119 cm³/mol. The lowest BCUT2D eigenvalue weighted by Crippen LogP contribution is -2.20. The normalized spacial score (nSPS) is 10.8. The summed E-state index contributed by atoms with van der Waals surface area (Å²) in [6, 6.07) is 21.0. The molecule has 1 heterocycles. The molecule has 1 aromatic heterocycles. The van der Waals surface area contributed by atoms with Crippen LogP contribution in [0.4, 0.5) is 11.4 Å². The first-order valence-corrected chi connectivity index (χ1v) is 9.66. The molecule has 3 aromatic carbocycles. The molecule has 0 radical (unpaired) electrons. The molecular formula is C24H23N3O3. The van der Waals surface area contributed by atoms with Gasteiger partial charge in [-0.05, 0) is 61.0 Å². The number of nitrogens with zero attached hydrogens (tertiary/aromatic N) is 2. The van der Waals surface area contributed by atoms with E-state index in [-0.39, 0.29) is 12.5 Å². The van der Waals surface area contributed by atoms with Gasteiger partial charge in [-0.25, -0.2) is 4.98 Å². The molecule has 0 aliphatic heterocycles. The zero-order valence-electron chi connectivity index (χ0n) is 17.2. The number of fused-ring (bicyclic) bond motifs is 1. The van der Waals surface area contributed by atoms with Crippen LogP contribution in [0.1, 0.15) is 5.56 Å². The Bertz CT molecular complexity index is 1180. The summed E-state index contributed by atoms with van der Waals surface area (Å²) in [5.74, 6) is 1.01. The van der Waals surface area contributed by atoms with E-state index in [0.29, 0.717) is 28.4 Å². The van der Waals surface area contributed by atoms with Gasteiger partial charge >= 0.3 is 0 Å². The van der Waals surface area contributed by atoms with E-state index in [2.05, 4.69) is 10.3 Å². The van der Waals surface area contributed by atoms with Crippen molar-refractivity contribution in [1.82, 2.24) is 4.98 Å². The van der Waals surface area contributed by atoms with E-state index in [0.717, 1.165) is 16.8 Å². The summed E-state index contributed by atoms with van der Waals surface area (Å²) in [5, 5.41) is 2.84. The van der Waals surface area contributed by atoms with Gasteiger partial charge in [0.25, 0.3) is 5.91 Å². The molecule has 0 spiro atoms. The number of nitrogens with one attached hydrogen (secondary N) is 1. The van der Waals surface area contributed by atoms with Crippen molar-refractivity contribution in [2.45, 2.75) is 6.92 Å². The second kappa shape index (κ2) is 8.29. The third-order valence-corrected chi connectivity index (χ3v) is 4.75. The van der Waals surface area contributed by atoms with Crippen LogP contribution in [-0.2, 0) is 4.79 Å².